The molecule has 0 spiro atoms. The van der Waals surface area contributed by atoms with Crippen LogP contribution in [0.1, 0.15) is 0 Å². The highest BCUT2D eigenvalue weighted by molar-refractivity contribution is 6.02. The average molecular weight is 88.9 g/mol. The molecule has 0 fully saturated rings. The molecular weight excluding hydrogens is 84.8 g/mol. The molecule has 0 saturated heterocycles. The Kier molecular flexibility index (Phi) is 13.3. The Morgan fingerprint density at radius 1 is 1.50 bits per heavy atom. The van der Waals surface area contributed by atoms with Crippen molar-refractivity contribution in [1.82, 2.24) is 0 Å². The molecule has 6 heavy (non-hydrogen) atoms. The summed E-state index contributed by atoms with van der Waals surface area (Å²) in [7, 11) is 4.00. The van der Waals surface area contributed by atoms with Crippen molar-refractivity contribution in [3.63, 3.8) is 0 Å². The molecule has 0 aromatic heterocycles. The molecule has 0 rings (SSSR count). The topological polar surface area (TPSA) is 83.5 Å². The maximum absolute atomic E-state index is 8.56. The highest BCUT2D eigenvalue weighted by Crippen LogP contribution is 1.42. The van der Waals surface area contributed by atoms with Crippen LogP contribution < -0.4 is 5.64 Å². The van der Waals surface area contributed by atoms with E-state index in [0.29, 0.717) is 0 Å². The van der Waals surface area contributed by atoms with Gasteiger partial charge in [0.15, 0.2) is 7.98 Å². The Hall–Kier alpha value is -0.705. The van der Waals surface area contributed by atoms with Crippen molar-refractivity contribution < 1.29 is 15.0 Å². The quantitative estimate of drug-likeness (QED) is 0.341. The van der Waals surface area contributed by atoms with Crippen LogP contribution in [0.15, 0.2) is 0 Å². The molecule has 0 saturated carbocycles. The van der Waals surface area contributed by atoms with Crippen molar-refractivity contribution in [2.24, 2.45) is 5.64 Å². The summed E-state index contributed by atoms with van der Waals surface area (Å²) in [4.78, 5) is 8.56. The lowest BCUT2D eigenvalue weighted by atomic mass is 10.5. The molecular formula is CH4BNO3. The van der Waals surface area contributed by atoms with Crippen molar-refractivity contribution >= 4 is 14.1 Å². The van der Waals surface area contributed by atoms with E-state index in [4.69, 9.17) is 15.0 Å². The highest BCUT2D eigenvalue weighted by atomic mass is 16.6. The SMILES string of the molecule is O=C(O)O.[B]N. The van der Waals surface area contributed by atoms with Crippen LogP contribution in [0, 0.1) is 0 Å². The van der Waals surface area contributed by atoms with E-state index in [2.05, 4.69) is 13.6 Å². The van der Waals surface area contributed by atoms with Gasteiger partial charge < -0.3 is 15.9 Å². The van der Waals surface area contributed by atoms with Gasteiger partial charge in [-0.25, -0.2) is 4.79 Å². The fraction of sp³-hybridized carbons (Fsp3) is 0. The van der Waals surface area contributed by atoms with Crippen LogP contribution in [0.5, 0.6) is 0 Å². The second kappa shape index (κ2) is 8.85. The molecule has 0 aliphatic rings. The first-order valence-corrected chi connectivity index (χ1v) is 0.985. The summed E-state index contributed by atoms with van der Waals surface area (Å²) in [6.45, 7) is 0. The Morgan fingerprint density at radius 3 is 1.50 bits per heavy atom. The molecule has 0 atom stereocenters. The Balaban J connectivity index is 0. The molecule has 0 aromatic carbocycles. The van der Waals surface area contributed by atoms with Crippen molar-refractivity contribution in [2.75, 3.05) is 0 Å². The first-order chi connectivity index (χ1) is 2.73. The van der Waals surface area contributed by atoms with E-state index >= 15 is 0 Å². The van der Waals surface area contributed by atoms with Crippen LogP contribution in [0.25, 0.3) is 0 Å². The molecule has 4 N–H and O–H groups in total. The monoisotopic (exact) mass is 89.0 g/mol. The number of hydrogen-bond acceptors (Lipinski definition) is 2. The van der Waals surface area contributed by atoms with Gasteiger partial charge >= 0.3 is 6.16 Å². The first-order valence-electron chi connectivity index (χ1n) is 0.985. The summed E-state index contributed by atoms with van der Waals surface area (Å²) < 4.78 is 0. The lowest BCUT2D eigenvalue weighted by molar-refractivity contribution is 0.137. The summed E-state index contributed by atoms with van der Waals surface area (Å²) in [5.41, 5.74) is 4.00. The van der Waals surface area contributed by atoms with E-state index < -0.39 is 6.16 Å². The van der Waals surface area contributed by atoms with Crippen LogP contribution in [0.4, 0.5) is 4.79 Å². The standard InChI is InChI=1S/CH2O3.BH2N/c2-1(3)4;1-2/h(H2,2,3,4);2H2. The van der Waals surface area contributed by atoms with Gasteiger partial charge in [0.25, 0.3) is 0 Å². The third-order valence-corrected chi connectivity index (χ3v) is 0. The maximum Gasteiger partial charge on any atom is 0.503 e. The van der Waals surface area contributed by atoms with E-state index in [0.717, 1.165) is 0 Å². The van der Waals surface area contributed by atoms with Crippen LogP contribution in [-0.2, 0) is 0 Å². The molecule has 0 aliphatic heterocycles. The third kappa shape index (κ3) is 34.9. The van der Waals surface area contributed by atoms with E-state index in [1.807, 2.05) is 0 Å². The fourth-order valence-electron chi connectivity index (χ4n) is 0. The number of carbonyl (C=O) groups is 1. The lowest BCUT2D eigenvalue weighted by Gasteiger charge is -1.60. The van der Waals surface area contributed by atoms with Crippen molar-refractivity contribution in [3.8, 4) is 0 Å². The molecule has 2 radical (unpaired) electrons. The molecule has 5 heteroatoms. The number of nitrogens with two attached hydrogens (primary N) is 1. The third-order valence-electron chi connectivity index (χ3n) is 0. The Labute approximate surface area is 36.0 Å². The lowest BCUT2D eigenvalue weighted by Crippen LogP contribution is -1.81. The summed E-state index contributed by atoms with van der Waals surface area (Å²) >= 11 is 0. The molecule has 0 amide bonds. The second-order valence-electron chi connectivity index (χ2n) is 0.283. The van der Waals surface area contributed by atoms with Gasteiger partial charge in [0.2, 0.25) is 0 Å². The summed E-state index contributed by atoms with van der Waals surface area (Å²) in [5, 5.41) is 13.9. The molecule has 0 aromatic rings. The highest BCUT2D eigenvalue weighted by Gasteiger charge is 1.70. The minimum atomic E-state index is -1.83. The molecule has 4 nitrogen and oxygen atoms in total. The van der Waals surface area contributed by atoms with Gasteiger partial charge in [0.1, 0.15) is 0 Å². The normalized spacial score (nSPS) is 4.83. The largest absolute Gasteiger partial charge is 0.503 e. The minimum absolute atomic E-state index is 1.83. The summed E-state index contributed by atoms with van der Waals surface area (Å²) in [6.07, 6.45) is -1.83. The van der Waals surface area contributed by atoms with Gasteiger partial charge in [0.05, 0.1) is 0 Å². The van der Waals surface area contributed by atoms with E-state index in [9.17, 15) is 0 Å². The van der Waals surface area contributed by atoms with E-state index in [-0.39, 0.29) is 0 Å². The van der Waals surface area contributed by atoms with Gasteiger partial charge in [-0.05, 0) is 0 Å². The summed E-state index contributed by atoms with van der Waals surface area (Å²) in [6, 6.07) is 0. The zero-order valence-corrected chi connectivity index (χ0v) is 2.96. The van der Waals surface area contributed by atoms with Gasteiger partial charge in [-0.15, -0.1) is 0 Å². The van der Waals surface area contributed by atoms with Crippen molar-refractivity contribution in [2.45, 2.75) is 0 Å². The van der Waals surface area contributed by atoms with Crippen LogP contribution >= 0.6 is 0 Å². The van der Waals surface area contributed by atoms with Gasteiger partial charge in [0, 0.05) is 0 Å². The zero-order chi connectivity index (χ0) is 5.58. The predicted molar refractivity (Wildman–Crippen MR) is 20.6 cm³/mol. The van der Waals surface area contributed by atoms with Crippen LogP contribution in [0.3, 0.4) is 0 Å². The van der Waals surface area contributed by atoms with E-state index in [1.165, 1.54) is 0 Å². The van der Waals surface area contributed by atoms with E-state index in [1.54, 1.807) is 0 Å². The Morgan fingerprint density at radius 2 is 1.50 bits per heavy atom. The molecule has 0 unspecified atom stereocenters. The van der Waals surface area contributed by atoms with Gasteiger partial charge in [-0.2, -0.15) is 0 Å². The predicted octanol–water partition coefficient (Wildman–Crippen LogP) is -0.749. The first kappa shape index (κ1) is 9.00. The molecule has 0 heterocycles. The van der Waals surface area contributed by atoms with Gasteiger partial charge in [-0.1, -0.05) is 0 Å². The number of rotatable bonds is 0. The van der Waals surface area contributed by atoms with Gasteiger partial charge in [-0.3, -0.25) is 0 Å². The average Bonchev–Trinajstić information content (AvgIpc) is 1.41. The number of hydrogen-bond donors (Lipinski definition) is 3. The molecule has 34 valence electrons. The summed E-state index contributed by atoms with van der Waals surface area (Å²) in [5.74, 6) is 0. The molecule has 0 bridgehead atoms. The molecule has 0 aliphatic carbocycles. The number of carboxylic acid groups (broad SMARTS) is 2. The Bertz CT molecular complexity index is 33.8. The zero-order valence-electron chi connectivity index (χ0n) is 2.96. The fourth-order valence-corrected chi connectivity index (χ4v) is 0. The minimum Gasteiger partial charge on any atom is -0.450 e. The van der Waals surface area contributed by atoms with Crippen LogP contribution in [-0.4, -0.2) is 24.3 Å². The van der Waals surface area contributed by atoms with Crippen molar-refractivity contribution in [3.05, 3.63) is 0 Å². The maximum atomic E-state index is 8.56. The van der Waals surface area contributed by atoms with Crippen molar-refractivity contribution in [1.29, 1.82) is 0 Å². The second-order valence-corrected chi connectivity index (χ2v) is 0.283. The van der Waals surface area contributed by atoms with Crippen LogP contribution in [0.2, 0.25) is 0 Å². The smallest absolute Gasteiger partial charge is 0.450 e.